The van der Waals surface area contributed by atoms with Gasteiger partial charge in [0.2, 0.25) is 0 Å². The Labute approximate surface area is 77.0 Å². The van der Waals surface area contributed by atoms with E-state index >= 15 is 0 Å². The Morgan fingerprint density at radius 1 is 1.46 bits per heavy atom. The average molecular weight is 180 g/mol. The first kappa shape index (κ1) is 9.64. The Morgan fingerprint density at radius 3 is 2.69 bits per heavy atom. The van der Waals surface area contributed by atoms with Crippen LogP contribution < -0.4 is 0 Å². The van der Waals surface area contributed by atoms with Crippen molar-refractivity contribution in [3.8, 4) is 0 Å². The molecular formula is C9H12N2O2. The standard InChI is InChI=1S/C9H12N2O2/c1-3-4-7-5-11-8(6-10-7)9(12)13-2/h5-6H,3-4H2,1-2H3. The van der Waals surface area contributed by atoms with Crippen LogP contribution >= 0.6 is 0 Å². The number of hydrogen-bond acceptors (Lipinski definition) is 4. The molecule has 70 valence electrons. The molecule has 0 saturated heterocycles. The predicted molar refractivity (Wildman–Crippen MR) is 47.4 cm³/mol. The average Bonchev–Trinajstić information content (AvgIpc) is 2.18. The van der Waals surface area contributed by atoms with Gasteiger partial charge in [0.15, 0.2) is 5.69 Å². The molecule has 1 aromatic rings. The van der Waals surface area contributed by atoms with Gasteiger partial charge in [-0.3, -0.25) is 4.98 Å². The molecule has 0 N–H and O–H groups in total. The fraction of sp³-hybridized carbons (Fsp3) is 0.444. The molecule has 0 fully saturated rings. The molecule has 0 aliphatic carbocycles. The van der Waals surface area contributed by atoms with Gasteiger partial charge in [-0.15, -0.1) is 0 Å². The third kappa shape index (κ3) is 2.50. The Balaban J connectivity index is 2.75. The maximum atomic E-state index is 11.0. The van der Waals surface area contributed by atoms with Gasteiger partial charge in [0.05, 0.1) is 19.0 Å². The summed E-state index contributed by atoms with van der Waals surface area (Å²) in [5.74, 6) is -0.449. The lowest BCUT2D eigenvalue weighted by molar-refractivity contribution is 0.0593. The zero-order chi connectivity index (χ0) is 9.68. The van der Waals surface area contributed by atoms with E-state index in [9.17, 15) is 4.79 Å². The molecule has 0 spiro atoms. The fourth-order valence-corrected chi connectivity index (χ4v) is 0.950. The molecule has 0 radical (unpaired) electrons. The predicted octanol–water partition coefficient (Wildman–Crippen LogP) is 1.22. The number of carbonyl (C=O) groups excluding carboxylic acids is 1. The second kappa shape index (κ2) is 4.54. The fourth-order valence-electron chi connectivity index (χ4n) is 0.950. The number of carbonyl (C=O) groups is 1. The van der Waals surface area contributed by atoms with Gasteiger partial charge >= 0.3 is 5.97 Å². The molecule has 0 unspecified atom stereocenters. The van der Waals surface area contributed by atoms with Gasteiger partial charge in [-0.1, -0.05) is 13.3 Å². The van der Waals surface area contributed by atoms with Crippen LogP contribution in [0.15, 0.2) is 12.4 Å². The number of rotatable bonds is 3. The first-order valence-corrected chi connectivity index (χ1v) is 4.17. The molecule has 0 aliphatic heterocycles. The van der Waals surface area contributed by atoms with Gasteiger partial charge < -0.3 is 4.74 Å². The van der Waals surface area contributed by atoms with Crippen molar-refractivity contribution in [1.29, 1.82) is 0 Å². The van der Waals surface area contributed by atoms with Gasteiger partial charge in [0, 0.05) is 6.20 Å². The first-order chi connectivity index (χ1) is 6.27. The summed E-state index contributed by atoms with van der Waals surface area (Å²) in [5.41, 5.74) is 1.15. The molecule has 0 bridgehead atoms. The maximum absolute atomic E-state index is 11.0. The molecule has 0 aliphatic rings. The number of methoxy groups -OCH3 is 1. The number of ether oxygens (including phenoxy) is 1. The highest BCUT2D eigenvalue weighted by atomic mass is 16.5. The number of esters is 1. The maximum Gasteiger partial charge on any atom is 0.358 e. The topological polar surface area (TPSA) is 52.1 Å². The summed E-state index contributed by atoms with van der Waals surface area (Å²) in [5, 5.41) is 0. The number of aromatic nitrogens is 2. The van der Waals surface area contributed by atoms with E-state index in [4.69, 9.17) is 0 Å². The van der Waals surface area contributed by atoms with Crippen LogP contribution in [-0.4, -0.2) is 23.0 Å². The molecule has 0 saturated carbocycles. The van der Waals surface area contributed by atoms with E-state index in [2.05, 4.69) is 21.6 Å². The van der Waals surface area contributed by atoms with Crippen LogP contribution in [0.1, 0.15) is 29.5 Å². The molecule has 1 aromatic heterocycles. The number of aryl methyl sites for hydroxylation is 1. The third-order valence-electron chi connectivity index (χ3n) is 1.61. The van der Waals surface area contributed by atoms with E-state index in [-0.39, 0.29) is 5.69 Å². The van der Waals surface area contributed by atoms with Crippen molar-refractivity contribution in [1.82, 2.24) is 9.97 Å². The lowest BCUT2D eigenvalue weighted by Gasteiger charge is -1.99. The summed E-state index contributed by atoms with van der Waals surface area (Å²) in [7, 11) is 1.32. The highest BCUT2D eigenvalue weighted by molar-refractivity contribution is 5.86. The third-order valence-corrected chi connectivity index (χ3v) is 1.61. The van der Waals surface area contributed by atoms with Crippen LogP contribution in [0.4, 0.5) is 0 Å². The SMILES string of the molecule is CCCc1cnc(C(=O)OC)cn1. The minimum Gasteiger partial charge on any atom is -0.464 e. The Bertz CT molecular complexity index is 282. The largest absolute Gasteiger partial charge is 0.464 e. The van der Waals surface area contributed by atoms with Crippen molar-refractivity contribution in [3.63, 3.8) is 0 Å². The molecule has 1 heterocycles. The summed E-state index contributed by atoms with van der Waals surface area (Å²) in [6, 6.07) is 0. The minimum atomic E-state index is -0.449. The second-order valence-corrected chi connectivity index (χ2v) is 2.63. The second-order valence-electron chi connectivity index (χ2n) is 2.63. The van der Waals surface area contributed by atoms with Crippen LogP contribution in [0.5, 0.6) is 0 Å². The Kier molecular flexibility index (Phi) is 3.37. The Morgan fingerprint density at radius 2 is 2.23 bits per heavy atom. The van der Waals surface area contributed by atoms with Gasteiger partial charge in [-0.05, 0) is 6.42 Å². The summed E-state index contributed by atoms with van der Waals surface area (Å²) >= 11 is 0. The Hall–Kier alpha value is -1.45. The summed E-state index contributed by atoms with van der Waals surface area (Å²) in [6.07, 6.45) is 4.95. The monoisotopic (exact) mass is 180 g/mol. The number of hydrogen-bond donors (Lipinski definition) is 0. The zero-order valence-corrected chi connectivity index (χ0v) is 7.78. The lowest BCUT2D eigenvalue weighted by Crippen LogP contribution is -2.05. The van der Waals surface area contributed by atoms with Crippen molar-refractivity contribution < 1.29 is 9.53 Å². The van der Waals surface area contributed by atoms with Crippen LogP contribution in [0.2, 0.25) is 0 Å². The van der Waals surface area contributed by atoms with Crippen molar-refractivity contribution in [2.75, 3.05) is 7.11 Å². The van der Waals surface area contributed by atoms with E-state index in [1.807, 2.05) is 0 Å². The van der Waals surface area contributed by atoms with Gasteiger partial charge in [0.25, 0.3) is 0 Å². The van der Waals surface area contributed by atoms with Crippen LogP contribution in [-0.2, 0) is 11.2 Å². The number of nitrogens with zero attached hydrogens (tertiary/aromatic N) is 2. The van der Waals surface area contributed by atoms with E-state index in [0.29, 0.717) is 0 Å². The quantitative estimate of drug-likeness (QED) is 0.656. The van der Waals surface area contributed by atoms with E-state index in [0.717, 1.165) is 18.5 Å². The minimum absolute atomic E-state index is 0.252. The molecule has 4 nitrogen and oxygen atoms in total. The van der Waals surface area contributed by atoms with Gasteiger partial charge in [0.1, 0.15) is 0 Å². The zero-order valence-electron chi connectivity index (χ0n) is 7.78. The van der Waals surface area contributed by atoms with Crippen LogP contribution in [0.25, 0.3) is 0 Å². The summed E-state index contributed by atoms with van der Waals surface area (Å²) in [4.78, 5) is 19.0. The summed E-state index contributed by atoms with van der Waals surface area (Å²) < 4.78 is 4.49. The smallest absolute Gasteiger partial charge is 0.358 e. The molecule has 0 atom stereocenters. The first-order valence-electron chi connectivity index (χ1n) is 4.17. The molecule has 13 heavy (non-hydrogen) atoms. The molecule has 0 amide bonds. The van der Waals surface area contributed by atoms with Gasteiger partial charge in [-0.25, -0.2) is 9.78 Å². The van der Waals surface area contributed by atoms with Crippen molar-refractivity contribution in [2.24, 2.45) is 0 Å². The lowest BCUT2D eigenvalue weighted by atomic mass is 10.2. The highest BCUT2D eigenvalue weighted by Gasteiger charge is 2.06. The van der Waals surface area contributed by atoms with E-state index in [1.54, 1.807) is 6.20 Å². The molecule has 4 heteroatoms. The summed E-state index contributed by atoms with van der Waals surface area (Å²) in [6.45, 7) is 2.07. The molecule has 0 aromatic carbocycles. The van der Waals surface area contributed by atoms with Crippen LogP contribution in [0.3, 0.4) is 0 Å². The van der Waals surface area contributed by atoms with Crippen molar-refractivity contribution in [2.45, 2.75) is 19.8 Å². The van der Waals surface area contributed by atoms with Gasteiger partial charge in [-0.2, -0.15) is 0 Å². The van der Waals surface area contributed by atoms with E-state index in [1.165, 1.54) is 13.3 Å². The van der Waals surface area contributed by atoms with Crippen molar-refractivity contribution >= 4 is 5.97 Å². The highest BCUT2D eigenvalue weighted by Crippen LogP contribution is 1.99. The van der Waals surface area contributed by atoms with Crippen LogP contribution in [0, 0.1) is 0 Å². The van der Waals surface area contributed by atoms with Crippen molar-refractivity contribution in [3.05, 3.63) is 23.8 Å². The van der Waals surface area contributed by atoms with E-state index < -0.39 is 5.97 Å². The molecule has 1 rings (SSSR count). The normalized spacial score (nSPS) is 9.69. The molecular weight excluding hydrogens is 168 g/mol.